The first-order valence-electron chi connectivity index (χ1n) is 2.34. The summed E-state index contributed by atoms with van der Waals surface area (Å²) < 4.78 is 1.97. The minimum atomic E-state index is -6.40. The normalized spacial score (nSPS) is 11.9. The van der Waals surface area contributed by atoms with Gasteiger partial charge in [-0.3, -0.25) is 0 Å². The molecule has 15 heavy (non-hydrogen) atoms. The van der Waals surface area contributed by atoms with E-state index >= 15 is 0 Å². The van der Waals surface area contributed by atoms with Crippen LogP contribution in [-0.2, 0) is 11.0 Å². The molecule has 0 fully saturated rings. The van der Waals surface area contributed by atoms with Crippen molar-refractivity contribution in [3.63, 3.8) is 0 Å². The van der Waals surface area contributed by atoms with Crippen LogP contribution in [0.2, 0.25) is 0 Å². The van der Waals surface area contributed by atoms with Crippen LogP contribution in [0, 0.1) is 56.1 Å². The summed E-state index contributed by atoms with van der Waals surface area (Å²) in [6, 6.07) is 0. The van der Waals surface area contributed by atoms with Gasteiger partial charge in [0.2, 0.25) is 0 Å². The Morgan fingerprint density at radius 1 is 0.733 bits per heavy atom. The predicted octanol–water partition coefficient (Wildman–Crippen LogP) is -0.999. The second-order valence-corrected chi connectivity index (χ2v) is 7.17. The molecule has 0 heterocycles. The second-order valence-electron chi connectivity index (χ2n) is 1.74. The third-order valence-electron chi connectivity index (χ3n) is 1.13. The van der Waals surface area contributed by atoms with Crippen LogP contribution in [0.15, 0.2) is 4.19 Å². The van der Waals surface area contributed by atoms with Crippen molar-refractivity contribution in [2.75, 3.05) is 0 Å². The molecule has 0 saturated heterocycles. The first-order valence-corrected chi connectivity index (χ1v) is 5.60. The molecule has 0 aromatic rings. The van der Waals surface area contributed by atoms with Gasteiger partial charge in [-0.15, -0.1) is 0 Å². The number of nitrogens with zero attached hydrogens (tertiary/aromatic N) is 6. The molecule has 0 amide bonds. The Kier molecular flexibility index (Phi) is 6.77. The summed E-state index contributed by atoms with van der Waals surface area (Å²) in [7, 11) is -6.40. The molecule has 0 unspecified atom stereocenters. The molecule has 0 bridgehead atoms. The number of nitroso groups, excluding NO2 is 1. The Morgan fingerprint density at radius 3 is 0.933 bits per heavy atom. The monoisotopic (exact) mass is 264 g/mol. The van der Waals surface area contributed by atoms with Gasteiger partial charge in [-0.05, 0) is 0 Å². The van der Waals surface area contributed by atoms with Crippen molar-refractivity contribution in [1.82, 2.24) is 0 Å². The zero-order valence-electron chi connectivity index (χ0n) is 5.95. The number of hydrogen-bond donors (Lipinski definition) is 0. The summed E-state index contributed by atoms with van der Waals surface area (Å²) in [6.45, 7) is 0. The molecule has 0 N–H and O–H groups in total. The fourth-order valence-electron chi connectivity index (χ4n) is 0.249. The van der Waals surface area contributed by atoms with E-state index in [0.29, 0.717) is 0 Å². The molecule has 0 radical (unpaired) electrons. The zero-order chi connectivity index (χ0) is 10.7. The van der Waals surface area contributed by atoms with Gasteiger partial charge < -0.3 is 0 Å². The molecule has 0 aliphatic heterocycles. The van der Waals surface area contributed by atoms with Crippen molar-refractivity contribution in [3.8, 4) is 24.8 Å². The van der Waals surface area contributed by atoms with Gasteiger partial charge in [0.05, 0.1) is 0 Å². The van der Waals surface area contributed by atoms with Gasteiger partial charge in [0.25, 0.3) is 0 Å². The molecular weight excluding hydrogens is 262 g/mol. The van der Waals surface area contributed by atoms with Gasteiger partial charge in [0.1, 0.15) is 0 Å². The van der Waals surface area contributed by atoms with Gasteiger partial charge in [0.15, 0.2) is 0 Å². The van der Waals surface area contributed by atoms with E-state index in [-0.39, 0.29) is 59.1 Å². The zero-order valence-corrected chi connectivity index (χ0v) is 7.05. The van der Waals surface area contributed by atoms with Crippen molar-refractivity contribution in [3.05, 3.63) is 4.91 Å². The molecule has 0 spiro atoms. The third kappa shape index (κ3) is 2.08. The summed E-state index contributed by atoms with van der Waals surface area (Å²) >= 11 is 0. The van der Waals surface area contributed by atoms with E-state index in [1.165, 1.54) is 0 Å². The average Bonchev–Trinajstić information content (AvgIpc) is 2.26. The molecule has 0 aliphatic carbocycles. The van der Waals surface area contributed by atoms with Crippen LogP contribution >= 0.6 is 0 Å². The molecule has 0 aromatic carbocycles. The van der Waals surface area contributed by atoms with E-state index in [2.05, 4.69) is 0 Å². The fraction of sp³-hybridized carbons (Fsp3) is 0. The van der Waals surface area contributed by atoms with Crippen LogP contribution in [-0.4, -0.2) is 59.1 Å². The predicted molar refractivity (Wildman–Crippen MR) is 48.2 cm³/mol. The van der Waals surface area contributed by atoms with Crippen LogP contribution < -0.4 is 0 Å². The summed E-state index contributed by atoms with van der Waals surface area (Å²) in [6.07, 6.45) is 0. The Bertz CT molecular complexity index is 402. The maximum atomic E-state index is 10.3. The topological polar surface area (TPSA) is 148 Å². The van der Waals surface area contributed by atoms with Crippen molar-refractivity contribution in [2.24, 2.45) is 4.19 Å². The van der Waals surface area contributed by atoms with E-state index in [4.69, 9.17) is 26.3 Å². The van der Waals surface area contributed by atoms with Gasteiger partial charge in [-0.25, -0.2) is 0 Å². The molecular formula is C5H2FeN6Na2O. The van der Waals surface area contributed by atoms with Gasteiger partial charge in [-0.1, -0.05) is 0 Å². The van der Waals surface area contributed by atoms with E-state index in [0.717, 1.165) is 24.8 Å². The summed E-state index contributed by atoms with van der Waals surface area (Å²) in [4.78, 5) is 14.9. The van der Waals surface area contributed by atoms with E-state index in [1.54, 1.807) is 0 Å². The van der Waals surface area contributed by atoms with E-state index in [1.807, 2.05) is 4.19 Å². The van der Waals surface area contributed by atoms with E-state index in [9.17, 15) is 4.91 Å². The van der Waals surface area contributed by atoms with Crippen LogP contribution in [0.5, 0.6) is 0 Å². The van der Waals surface area contributed by atoms with Crippen molar-refractivity contribution in [2.45, 2.75) is 0 Å². The van der Waals surface area contributed by atoms with Crippen LogP contribution in [0.25, 0.3) is 0 Å². The van der Waals surface area contributed by atoms with Crippen LogP contribution in [0.3, 0.4) is 0 Å². The number of hydrogen-bond acceptors (Lipinski definition) is 7. The van der Waals surface area contributed by atoms with Gasteiger partial charge in [-0.2, -0.15) is 0 Å². The molecule has 7 nitrogen and oxygen atoms in total. The summed E-state index contributed by atoms with van der Waals surface area (Å²) in [5, 5.41) is 42.5. The molecule has 10 heteroatoms. The van der Waals surface area contributed by atoms with Crippen LogP contribution in [0.4, 0.5) is 0 Å². The van der Waals surface area contributed by atoms with Crippen LogP contribution in [0.1, 0.15) is 0 Å². The Hall–Kier alpha value is -0.431. The Morgan fingerprint density at radius 2 is 0.933 bits per heavy atom. The third-order valence-corrected chi connectivity index (χ3v) is 4.65. The molecule has 0 saturated carbocycles. The molecule has 0 rings (SSSR count). The first kappa shape index (κ1) is 20.0. The quantitative estimate of drug-likeness (QED) is 0.438. The minimum absolute atomic E-state index is 0. The van der Waals surface area contributed by atoms with Crippen molar-refractivity contribution < 1.29 is 11.0 Å². The second kappa shape index (κ2) is 5.07. The fourth-order valence-corrected chi connectivity index (χ4v) is 1.03. The SMILES string of the molecule is N#[C][Fe]([C]#N)([C]#N)([C]#N)([C]#N)[N]=O.[NaH].[NaH]. The molecule has 0 atom stereocenters. The first-order chi connectivity index (χ1) is 5.97. The number of nitriles is 5. The van der Waals surface area contributed by atoms with Crippen molar-refractivity contribution >= 4 is 59.1 Å². The number of rotatable bonds is 1. The maximum absolute atomic E-state index is 10.3. The Balaban J connectivity index is -0.000000720. The average molecular weight is 264 g/mol. The van der Waals surface area contributed by atoms with E-state index < -0.39 is 11.0 Å². The van der Waals surface area contributed by atoms with Gasteiger partial charge in [0, 0.05) is 0 Å². The summed E-state index contributed by atoms with van der Waals surface area (Å²) in [5.74, 6) is 0. The standard InChI is InChI=1S/5CN.Fe.NO.2Na.2H/c5*1-2;;1-2;;;;/q;;;;;+1;-1;;;;. The van der Waals surface area contributed by atoms with Crippen molar-refractivity contribution in [1.29, 1.82) is 26.3 Å². The molecule has 68 valence electrons. The van der Waals surface area contributed by atoms with Gasteiger partial charge >= 0.3 is 130 Å². The summed E-state index contributed by atoms with van der Waals surface area (Å²) in [5.41, 5.74) is 0. The molecule has 0 aliphatic rings. The Labute approximate surface area is 129 Å². The molecule has 0 aromatic heterocycles.